The topological polar surface area (TPSA) is 37.4 Å². The minimum absolute atomic E-state index is 0.164. The van der Waals surface area contributed by atoms with Crippen molar-refractivity contribution < 1.29 is 9.59 Å². The highest BCUT2D eigenvalue weighted by atomic mass is 16.1. The molecule has 0 unspecified atom stereocenters. The maximum atomic E-state index is 10.4. The Morgan fingerprint density at radius 2 is 2.38 bits per heavy atom. The Balaban J connectivity index is 2.43. The summed E-state index contributed by atoms with van der Waals surface area (Å²) in [5.74, 6) is 0.164. The summed E-state index contributed by atoms with van der Waals surface area (Å²) >= 11 is 0. The van der Waals surface area contributed by atoms with Crippen LogP contribution in [0.5, 0.6) is 0 Å². The van der Waals surface area contributed by atoms with Gasteiger partial charge in [-0.1, -0.05) is 0 Å². The van der Waals surface area contributed by atoms with Gasteiger partial charge in [0.25, 0.3) is 0 Å². The third-order valence-corrected chi connectivity index (χ3v) is 1.21. The zero-order valence-electron chi connectivity index (χ0n) is 4.46. The summed E-state index contributed by atoms with van der Waals surface area (Å²) in [6.45, 7) is 0.936. The molecule has 44 valence electrons. The monoisotopic (exact) mass is 113 g/mol. The van der Waals surface area contributed by atoms with Gasteiger partial charge in [-0.3, -0.25) is 9.59 Å². The molecule has 1 saturated heterocycles. The highest BCUT2D eigenvalue weighted by Crippen LogP contribution is 1.98. The third-order valence-electron chi connectivity index (χ3n) is 1.21. The Morgan fingerprint density at radius 3 is 2.62 bits per heavy atom. The highest BCUT2D eigenvalue weighted by Gasteiger charge is 2.16. The van der Waals surface area contributed by atoms with E-state index in [0.717, 1.165) is 0 Å². The Bertz CT molecular complexity index is 122. The molecule has 1 aliphatic heterocycles. The van der Waals surface area contributed by atoms with Gasteiger partial charge < -0.3 is 4.90 Å². The lowest BCUT2D eigenvalue weighted by Crippen LogP contribution is -2.17. The first-order valence-corrected chi connectivity index (χ1v) is 2.54. The second-order valence-corrected chi connectivity index (χ2v) is 1.86. The van der Waals surface area contributed by atoms with Crippen molar-refractivity contribution in [2.45, 2.75) is 6.42 Å². The number of Topliss-reactive ketones (excluding diaryl/α,β-unsaturated/α-hetero) is 1. The molecule has 1 fully saturated rings. The maximum absolute atomic E-state index is 10.4. The molecule has 0 radical (unpaired) electrons. The number of nitrogens with zero attached hydrogens (tertiary/aromatic N) is 1. The normalized spacial score (nSPS) is 19.5. The van der Waals surface area contributed by atoms with Crippen molar-refractivity contribution in [1.82, 2.24) is 4.90 Å². The lowest BCUT2D eigenvalue weighted by Gasteiger charge is -2.01. The van der Waals surface area contributed by atoms with Gasteiger partial charge in [-0.15, -0.1) is 0 Å². The number of ketones is 1. The Morgan fingerprint density at radius 1 is 1.62 bits per heavy atom. The predicted molar refractivity (Wildman–Crippen MR) is 27.3 cm³/mol. The maximum Gasteiger partial charge on any atom is 0.210 e. The number of rotatable bonds is 1. The SMILES string of the molecule is O=CN1CCC(=O)C1. The van der Waals surface area contributed by atoms with Crippen LogP contribution in [0.15, 0.2) is 0 Å². The third kappa shape index (κ3) is 0.857. The molecule has 0 spiro atoms. The second-order valence-electron chi connectivity index (χ2n) is 1.86. The second kappa shape index (κ2) is 1.94. The van der Waals surface area contributed by atoms with Crippen LogP contribution < -0.4 is 0 Å². The van der Waals surface area contributed by atoms with Gasteiger partial charge in [0.15, 0.2) is 5.78 Å². The van der Waals surface area contributed by atoms with Crippen LogP contribution in [0.1, 0.15) is 6.42 Å². The van der Waals surface area contributed by atoms with E-state index in [1.165, 1.54) is 4.90 Å². The Labute approximate surface area is 47.3 Å². The molecule has 1 aliphatic rings. The highest BCUT2D eigenvalue weighted by molar-refractivity contribution is 5.84. The number of likely N-dealkylation sites (tertiary alicyclic amines) is 1. The number of carbonyl (C=O) groups excluding carboxylic acids is 2. The van der Waals surface area contributed by atoms with Crippen molar-refractivity contribution in [1.29, 1.82) is 0 Å². The molecular weight excluding hydrogens is 106 g/mol. The van der Waals surface area contributed by atoms with Gasteiger partial charge in [0.2, 0.25) is 6.41 Å². The van der Waals surface area contributed by atoms with E-state index in [4.69, 9.17) is 0 Å². The van der Waals surface area contributed by atoms with Crippen LogP contribution >= 0.6 is 0 Å². The summed E-state index contributed by atoms with van der Waals surface area (Å²) in [4.78, 5) is 21.8. The van der Waals surface area contributed by atoms with Crippen LogP contribution in [-0.2, 0) is 9.59 Å². The lowest BCUT2D eigenvalue weighted by atomic mass is 10.4. The van der Waals surface area contributed by atoms with Crippen LogP contribution in [0.25, 0.3) is 0 Å². The summed E-state index contributed by atoms with van der Waals surface area (Å²) in [7, 11) is 0. The molecule has 0 aromatic heterocycles. The number of carbonyl (C=O) groups is 2. The molecule has 0 atom stereocenters. The molecule has 3 nitrogen and oxygen atoms in total. The fraction of sp³-hybridized carbons (Fsp3) is 0.600. The quantitative estimate of drug-likeness (QED) is 0.426. The van der Waals surface area contributed by atoms with Crippen molar-refractivity contribution in [2.24, 2.45) is 0 Å². The summed E-state index contributed by atoms with van der Waals surface area (Å²) in [5, 5.41) is 0. The molecule has 0 aromatic rings. The van der Waals surface area contributed by atoms with E-state index in [1.54, 1.807) is 0 Å². The first-order chi connectivity index (χ1) is 3.83. The zero-order valence-corrected chi connectivity index (χ0v) is 4.46. The van der Waals surface area contributed by atoms with E-state index in [0.29, 0.717) is 25.9 Å². The largest absolute Gasteiger partial charge is 0.337 e. The van der Waals surface area contributed by atoms with Gasteiger partial charge in [0.1, 0.15) is 0 Å². The molecule has 1 rings (SSSR count). The van der Waals surface area contributed by atoms with Crippen molar-refractivity contribution in [3.05, 3.63) is 0 Å². The van der Waals surface area contributed by atoms with E-state index >= 15 is 0 Å². The zero-order chi connectivity index (χ0) is 5.98. The Hall–Kier alpha value is -0.860. The summed E-state index contributed by atoms with van der Waals surface area (Å²) < 4.78 is 0. The molecular formula is C5H7NO2. The number of hydrogen-bond donors (Lipinski definition) is 0. The van der Waals surface area contributed by atoms with Crippen LogP contribution in [0.4, 0.5) is 0 Å². The van der Waals surface area contributed by atoms with E-state index in [-0.39, 0.29) is 5.78 Å². The van der Waals surface area contributed by atoms with Crippen molar-refractivity contribution in [2.75, 3.05) is 13.1 Å². The molecule has 1 amide bonds. The van der Waals surface area contributed by atoms with Crippen molar-refractivity contribution in [3.8, 4) is 0 Å². The van der Waals surface area contributed by atoms with Gasteiger partial charge in [0, 0.05) is 13.0 Å². The van der Waals surface area contributed by atoms with Gasteiger partial charge in [-0.05, 0) is 0 Å². The molecule has 0 aliphatic carbocycles. The van der Waals surface area contributed by atoms with Crippen LogP contribution in [0.2, 0.25) is 0 Å². The fourth-order valence-corrected chi connectivity index (χ4v) is 0.743. The molecule has 3 heteroatoms. The number of amides is 1. The molecule has 1 heterocycles. The minimum Gasteiger partial charge on any atom is -0.337 e. The van der Waals surface area contributed by atoms with Gasteiger partial charge >= 0.3 is 0 Å². The van der Waals surface area contributed by atoms with Crippen LogP contribution in [0, 0.1) is 0 Å². The molecule has 0 bridgehead atoms. The van der Waals surface area contributed by atoms with E-state index in [1.807, 2.05) is 0 Å². The van der Waals surface area contributed by atoms with Crippen molar-refractivity contribution >= 4 is 12.2 Å². The average molecular weight is 113 g/mol. The fourth-order valence-electron chi connectivity index (χ4n) is 0.743. The first-order valence-electron chi connectivity index (χ1n) is 2.54. The van der Waals surface area contributed by atoms with Crippen LogP contribution in [0.3, 0.4) is 0 Å². The van der Waals surface area contributed by atoms with Crippen LogP contribution in [-0.4, -0.2) is 30.2 Å². The van der Waals surface area contributed by atoms with Gasteiger partial charge in [0.05, 0.1) is 6.54 Å². The number of hydrogen-bond acceptors (Lipinski definition) is 2. The molecule has 0 aromatic carbocycles. The smallest absolute Gasteiger partial charge is 0.210 e. The summed E-state index contributed by atoms with van der Waals surface area (Å²) in [5.41, 5.74) is 0. The Kier molecular flexibility index (Phi) is 1.28. The van der Waals surface area contributed by atoms with Gasteiger partial charge in [-0.2, -0.15) is 0 Å². The van der Waals surface area contributed by atoms with Gasteiger partial charge in [-0.25, -0.2) is 0 Å². The molecule has 0 saturated carbocycles. The summed E-state index contributed by atoms with van der Waals surface area (Å²) in [6, 6.07) is 0. The minimum atomic E-state index is 0.164. The van der Waals surface area contributed by atoms with Crippen molar-refractivity contribution in [3.63, 3.8) is 0 Å². The molecule has 8 heavy (non-hydrogen) atoms. The van der Waals surface area contributed by atoms with E-state index in [2.05, 4.69) is 0 Å². The predicted octanol–water partition coefficient (Wildman–Crippen LogP) is -0.582. The summed E-state index contributed by atoms with van der Waals surface area (Å²) in [6.07, 6.45) is 1.25. The standard InChI is InChI=1S/C5H7NO2/c7-4-6-2-1-5(8)3-6/h4H,1-3H2. The molecule has 0 N–H and O–H groups in total. The average Bonchev–Trinajstić information content (AvgIpc) is 2.14. The first kappa shape index (κ1) is 5.28. The van der Waals surface area contributed by atoms with E-state index in [9.17, 15) is 9.59 Å². The lowest BCUT2D eigenvalue weighted by molar-refractivity contribution is -0.121. The van der Waals surface area contributed by atoms with E-state index < -0.39 is 0 Å².